The largest absolute Gasteiger partial charge is 0.307 e. The number of rotatable bonds is 4. The minimum atomic E-state index is -0.163. The topological polar surface area (TPSA) is 12.0 Å². The van der Waals surface area contributed by atoms with Gasteiger partial charge < -0.3 is 5.32 Å². The quantitative estimate of drug-likeness (QED) is 0.834. The maximum atomic E-state index is 12.8. The van der Waals surface area contributed by atoms with E-state index in [4.69, 9.17) is 0 Å². The van der Waals surface area contributed by atoms with E-state index < -0.39 is 0 Å². The van der Waals surface area contributed by atoms with Crippen LogP contribution in [0.15, 0.2) is 24.3 Å². The molecule has 0 spiro atoms. The van der Waals surface area contributed by atoms with Crippen molar-refractivity contribution in [2.75, 3.05) is 0 Å². The van der Waals surface area contributed by atoms with E-state index in [1.807, 2.05) is 12.1 Å². The highest BCUT2D eigenvalue weighted by Gasteiger charge is 2.31. The van der Waals surface area contributed by atoms with Crippen LogP contribution in [0.2, 0.25) is 0 Å². The van der Waals surface area contributed by atoms with Gasteiger partial charge in [-0.3, -0.25) is 0 Å². The lowest BCUT2D eigenvalue weighted by atomic mass is 9.73. The molecule has 0 radical (unpaired) electrons. The number of benzene rings is 1. The van der Waals surface area contributed by atoms with E-state index in [2.05, 4.69) is 26.1 Å². The Labute approximate surface area is 103 Å². The molecular formula is C15H22FN. The zero-order valence-corrected chi connectivity index (χ0v) is 10.9. The number of nitrogens with one attached hydrogen (secondary N) is 1. The average Bonchev–Trinajstić information content (AvgIpc) is 2.23. The molecule has 1 aliphatic carbocycles. The molecule has 2 heteroatoms. The van der Waals surface area contributed by atoms with Crippen LogP contribution < -0.4 is 5.32 Å². The van der Waals surface area contributed by atoms with Gasteiger partial charge in [-0.15, -0.1) is 0 Å². The Bertz CT molecular complexity index is 352. The van der Waals surface area contributed by atoms with E-state index in [0.29, 0.717) is 12.1 Å². The van der Waals surface area contributed by atoms with Crippen molar-refractivity contribution in [2.24, 2.45) is 11.8 Å². The molecule has 94 valence electrons. The normalized spacial score (nSPS) is 25.7. The van der Waals surface area contributed by atoms with Crippen LogP contribution in [0.3, 0.4) is 0 Å². The summed E-state index contributed by atoms with van der Waals surface area (Å²) < 4.78 is 12.8. The molecule has 0 aliphatic heterocycles. The highest BCUT2D eigenvalue weighted by atomic mass is 19.1. The van der Waals surface area contributed by atoms with Crippen LogP contribution in [-0.2, 0) is 0 Å². The maximum absolute atomic E-state index is 12.8. The minimum Gasteiger partial charge on any atom is -0.307 e. The van der Waals surface area contributed by atoms with E-state index in [0.717, 1.165) is 11.8 Å². The monoisotopic (exact) mass is 235 g/mol. The van der Waals surface area contributed by atoms with Crippen LogP contribution in [0.1, 0.15) is 45.2 Å². The molecule has 1 aromatic rings. The van der Waals surface area contributed by atoms with Crippen molar-refractivity contribution < 1.29 is 4.39 Å². The summed E-state index contributed by atoms with van der Waals surface area (Å²) in [6, 6.07) is 7.75. The van der Waals surface area contributed by atoms with Crippen LogP contribution >= 0.6 is 0 Å². The lowest BCUT2D eigenvalue weighted by Crippen LogP contribution is -2.43. The van der Waals surface area contributed by atoms with Crippen molar-refractivity contribution in [3.05, 3.63) is 35.6 Å². The molecular weight excluding hydrogens is 213 g/mol. The molecule has 0 bridgehead atoms. The van der Waals surface area contributed by atoms with Gasteiger partial charge in [0, 0.05) is 12.1 Å². The lowest BCUT2D eigenvalue weighted by molar-refractivity contribution is 0.159. The first-order valence-electron chi connectivity index (χ1n) is 6.57. The molecule has 0 saturated heterocycles. The second-order valence-electron chi connectivity index (χ2n) is 5.61. The summed E-state index contributed by atoms with van der Waals surface area (Å²) in [4.78, 5) is 0. The van der Waals surface area contributed by atoms with Crippen molar-refractivity contribution in [1.82, 2.24) is 5.32 Å². The van der Waals surface area contributed by atoms with Crippen molar-refractivity contribution in [1.29, 1.82) is 0 Å². The standard InChI is InChI=1S/C15H22FN/c1-10(2)13-8-15(9-13)17-11(3)12-4-6-14(16)7-5-12/h4-7,10-11,13,15,17H,8-9H2,1-3H3/t11-,13?,15?/m1/s1. The van der Waals surface area contributed by atoms with Gasteiger partial charge >= 0.3 is 0 Å². The molecule has 1 atom stereocenters. The van der Waals surface area contributed by atoms with Gasteiger partial charge in [-0.2, -0.15) is 0 Å². The van der Waals surface area contributed by atoms with Crippen LogP contribution in [0.4, 0.5) is 4.39 Å². The Kier molecular flexibility index (Phi) is 3.82. The molecule has 0 unspecified atom stereocenters. The fourth-order valence-corrected chi connectivity index (χ4v) is 2.54. The summed E-state index contributed by atoms with van der Waals surface area (Å²) in [5.41, 5.74) is 1.17. The van der Waals surface area contributed by atoms with E-state index in [-0.39, 0.29) is 5.82 Å². The lowest BCUT2D eigenvalue weighted by Gasteiger charge is -2.40. The Morgan fingerprint density at radius 1 is 1.12 bits per heavy atom. The van der Waals surface area contributed by atoms with Crippen LogP contribution in [0, 0.1) is 17.7 Å². The van der Waals surface area contributed by atoms with Gasteiger partial charge in [-0.1, -0.05) is 26.0 Å². The molecule has 1 nitrogen and oxygen atoms in total. The van der Waals surface area contributed by atoms with Gasteiger partial charge in [-0.05, 0) is 49.3 Å². The van der Waals surface area contributed by atoms with Crippen LogP contribution in [-0.4, -0.2) is 6.04 Å². The fourth-order valence-electron chi connectivity index (χ4n) is 2.54. The first-order valence-corrected chi connectivity index (χ1v) is 6.57. The molecule has 1 saturated carbocycles. The zero-order valence-electron chi connectivity index (χ0n) is 10.9. The van der Waals surface area contributed by atoms with Gasteiger partial charge in [0.05, 0.1) is 0 Å². The fraction of sp³-hybridized carbons (Fsp3) is 0.600. The molecule has 17 heavy (non-hydrogen) atoms. The predicted molar refractivity (Wildman–Crippen MR) is 69.3 cm³/mol. The van der Waals surface area contributed by atoms with Gasteiger partial charge in [0.25, 0.3) is 0 Å². The van der Waals surface area contributed by atoms with Crippen molar-refractivity contribution in [2.45, 2.75) is 45.7 Å². The molecule has 1 aromatic carbocycles. The molecule has 1 N–H and O–H groups in total. The Balaban J connectivity index is 1.82. The van der Waals surface area contributed by atoms with Gasteiger partial charge in [0.15, 0.2) is 0 Å². The molecule has 2 rings (SSSR count). The third kappa shape index (κ3) is 3.06. The van der Waals surface area contributed by atoms with Gasteiger partial charge in [0.1, 0.15) is 5.82 Å². The molecule has 1 aliphatic rings. The minimum absolute atomic E-state index is 0.163. The van der Waals surface area contributed by atoms with Crippen LogP contribution in [0.25, 0.3) is 0 Å². The molecule has 0 aromatic heterocycles. The Hall–Kier alpha value is -0.890. The molecule has 1 fully saturated rings. The second-order valence-corrected chi connectivity index (χ2v) is 5.61. The number of hydrogen-bond acceptors (Lipinski definition) is 1. The van der Waals surface area contributed by atoms with E-state index in [1.54, 1.807) is 0 Å². The Morgan fingerprint density at radius 3 is 2.24 bits per heavy atom. The SMILES string of the molecule is CC(C)C1CC(N[C@H](C)c2ccc(F)cc2)C1. The smallest absolute Gasteiger partial charge is 0.123 e. The summed E-state index contributed by atoms with van der Waals surface area (Å²) in [6.45, 7) is 6.74. The predicted octanol–water partition coefficient (Wildman–Crippen LogP) is 3.91. The third-order valence-electron chi connectivity index (χ3n) is 3.97. The van der Waals surface area contributed by atoms with E-state index in [1.165, 1.54) is 30.5 Å². The van der Waals surface area contributed by atoms with E-state index >= 15 is 0 Å². The summed E-state index contributed by atoms with van der Waals surface area (Å²) in [7, 11) is 0. The van der Waals surface area contributed by atoms with E-state index in [9.17, 15) is 4.39 Å². The first-order chi connectivity index (χ1) is 8.06. The van der Waals surface area contributed by atoms with Gasteiger partial charge in [0.2, 0.25) is 0 Å². The summed E-state index contributed by atoms with van der Waals surface area (Å²) in [5, 5.41) is 3.61. The highest BCUT2D eigenvalue weighted by molar-refractivity contribution is 5.19. The second kappa shape index (κ2) is 5.18. The first kappa shape index (κ1) is 12.6. The Morgan fingerprint density at radius 2 is 1.71 bits per heavy atom. The number of hydrogen-bond donors (Lipinski definition) is 1. The van der Waals surface area contributed by atoms with Crippen molar-refractivity contribution >= 4 is 0 Å². The third-order valence-corrected chi connectivity index (χ3v) is 3.97. The summed E-state index contributed by atoms with van der Waals surface area (Å²) >= 11 is 0. The molecule has 0 heterocycles. The number of halogens is 1. The summed E-state index contributed by atoms with van der Waals surface area (Å²) in [6.07, 6.45) is 2.56. The van der Waals surface area contributed by atoms with Crippen molar-refractivity contribution in [3.63, 3.8) is 0 Å². The van der Waals surface area contributed by atoms with Gasteiger partial charge in [-0.25, -0.2) is 4.39 Å². The highest BCUT2D eigenvalue weighted by Crippen LogP contribution is 2.34. The summed E-state index contributed by atoms with van der Waals surface area (Å²) in [5.74, 6) is 1.52. The average molecular weight is 235 g/mol. The zero-order chi connectivity index (χ0) is 12.4. The maximum Gasteiger partial charge on any atom is 0.123 e. The van der Waals surface area contributed by atoms with Crippen molar-refractivity contribution in [3.8, 4) is 0 Å². The molecule has 0 amide bonds. The van der Waals surface area contributed by atoms with Crippen LogP contribution in [0.5, 0.6) is 0 Å².